The molecule has 1 aromatic heterocycles. The van der Waals surface area contributed by atoms with Crippen LogP contribution in [0, 0.1) is 5.53 Å². The van der Waals surface area contributed by atoms with Crippen LogP contribution in [-0.4, -0.2) is 20.5 Å². The maximum atomic E-state index is 9.78. The predicted molar refractivity (Wildman–Crippen MR) is 114 cm³/mol. The molecule has 0 atom stereocenters. The first kappa shape index (κ1) is 20.7. The maximum Gasteiger partial charge on any atom is 0.155 e. The Labute approximate surface area is 174 Å². The molecule has 0 unspecified atom stereocenters. The Morgan fingerprint density at radius 1 is 1.21 bits per heavy atom. The first-order chi connectivity index (χ1) is 14.1. The summed E-state index contributed by atoms with van der Waals surface area (Å²) in [6.45, 7) is 1.93. The summed E-state index contributed by atoms with van der Waals surface area (Å²) in [6.07, 6.45) is 2.82. The lowest BCUT2D eigenvalue weighted by atomic mass is 9.99. The second-order valence-electron chi connectivity index (χ2n) is 6.54. The zero-order valence-electron chi connectivity index (χ0n) is 16.1. The van der Waals surface area contributed by atoms with Crippen molar-refractivity contribution in [2.24, 2.45) is 16.1 Å². The van der Waals surface area contributed by atoms with Crippen LogP contribution in [0.2, 0.25) is 5.15 Å². The Balaban J connectivity index is 2.03. The van der Waals surface area contributed by atoms with Gasteiger partial charge in [-0.25, -0.2) is 4.98 Å². The highest BCUT2D eigenvalue weighted by molar-refractivity contribution is 6.30. The molecule has 0 bridgehead atoms. The number of imidazole rings is 1. The van der Waals surface area contributed by atoms with Gasteiger partial charge in [0, 0.05) is 17.7 Å². The van der Waals surface area contributed by atoms with Gasteiger partial charge < -0.3 is 10.8 Å². The van der Waals surface area contributed by atoms with Crippen molar-refractivity contribution in [2.45, 2.75) is 32.8 Å². The summed E-state index contributed by atoms with van der Waals surface area (Å²) >= 11 is 6.25. The van der Waals surface area contributed by atoms with E-state index in [0.717, 1.165) is 41.9 Å². The number of nitrogens with zero attached hydrogens (tertiary/aromatic N) is 4. The topological polar surface area (TPSA) is 113 Å². The Hall–Kier alpha value is -3.03. The number of unbranched alkanes of at least 4 members (excludes halogenated alkanes) is 1. The minimum atomic E-state index is -0.188. The van der Waals surface area contributed by atoms with E-state index in [9.17, 15) is 5.11 Å². The summed E-state index contributed by atoms with van der Waals surface area (Å²) in [5, 5.41) is 16.8. The van der Waals surface area contributed by atoms with Crippen molar-refractivity contribution in [3.8, 4) is 16.8 Å². The van der Waals surface area contributed by atoms with Crippen LogP contribution in [0.15, 0.2) is 58.9 Å². The van der Waals surface area contributed by atoms with Crippen molar-refractivity contribution in [1.82, 2.24) is 9.55 Å². The van der Waals surface area contributed by atoms with Crippen LogP contribution in [0.25, 0.3) is 16.8 Å². The van der Waals surface area contributed by atoms with Gasteiger partial charge in [0.15, 0.2) is 11.0 Å². The molecule has 0 saturated heterocycles. The lowest BCUT2D eigenvalue weighted by Gasteiger charge is -2.13. The van der Waals surface area contributed by atoms with E-state index in [2.05, 4.69) is 22.2 Å². The van der Waals surface area contributed by atoms with Crippen LogP contribution in [0.1, 0.15) is 36.8 Å². The average molecular weight is 411 g/mol. The highest BCUT2D eigenvalue weighted by atomic mass is 35.5. The van der Waals surface area contributed by atoms with Gasteiger partial charge in [0.25, 0.3) is 0 Å². The lowest BCUT2D eigenvalue weighted by molar-refractivity contribution is 0.274. The number of amidine groups is 1. The van der Waals surface area contributed by atoms with E-state index >= 15 is 0 Å². The molecule has 0 radical (unpaired) electrons. The molecule has 1 heterocycles. The molecule has 2 aromatic carbocycles. The highest BCUT2D eigenvalue weighted by Crippen LogP contribution is 2.28. The summed E-state index contributed by atoms with van der Waals surface area (Å²) < 4.78 is 1.92. The van der Waals surface area contributed by atoms with E-state index in [0.29, 0.717) is 16.4 Å². The molecule has 0 aliphatic rings. The molecule has 4 N–H and O–H groups in total. The number of rotatable bonds is 8. The van der Waals surface area contributed by atoms with Crippen molar-refractivity contribution >= 4 is 17.4 Å². The Bertz CT molecular complexity index is 1030. The number of aryl methyl sites for hydroxylation is 1. The SMILES string of the molecule is CCCCc1nc(Cl)c(CO)n1-c1ccc(-c2ccccc2/C(N)=N/N=N)cc1. The van der Waals surface area contributed by atoms with E-state index in [-0.39, 0.29) is 12.4 Å². The Kier molecular flexibility index (Phi) is 6.74. The van der Waals surface area contributed by atoms with Gasteiger partial charge >= 0.3 is 0 Å². The third-order valence-electron chi connectivity index (χ3n) is 4.69. The number of nitrogens with one attached hydrogen (secondary N) is 1. The Morgan fingerprint density at radius 2 is 1.93 bits per heavy atom. The van der Waals surface area contributed by atoms with Crippen molar-refractivity contribution in [1.29, 1.82) is 5.53 Å². The van der Waals surface area contributed by atoms with Gasteiger partial charge in [-0.05, 0) is 29.7 Å². The molecule has 0 spiro atoms. The number of aliphatic hydroxyl groups is 1. The average Bonchev–Trinajstić information content (AvgIpc) is 3.07. The first-order valence-electron chi connectivity index (χ1n) is 9.37. The monoisotopic (exact) mass is 410 g/mol. The minimum Gasteiger partial charge on any atom is -0.390 e. The van der Waals surface area contributed by atoms with Crippen molar-refractivity contribution < 1.29 is 5.11 Å². The fraction of sp³-hybridized carbons (Fsp3) is 0.238. The standard InChI is InChI=1S/C21H23ClN6O/c1-2-3-8-19-25-20(22)18(13-29)28(19)15-11-9-14(10-12-15)16-6-4-5-7-17(16)21(23)26-27-24/h4-7,9-12,29H,2-3,8,13H2,1H3,(H3,23,24,26). The van der Waals surface area contributed by atoms with E-state index < -0.39 is 0 Å². The molecular weight excluding hydrogens is 388 g/mol. The molecular formula is C21H23ClN6O. The third kappa shape index (κ3) is 4.36. The van der Waals surface area contributed by atoms with E-state index in [4.69, 9.17) is 22.9 Å². The van der Waals surface area contributed by atoms with Crippen LogP contribution < -0.4 is 5.73 Å². The maximum absolute atomic E-state index is 9.78. The van der Waals surface area contributed by atoms with Gasteiger partial charge in [0.05, 0.1) is 12.3 Å². The summed E-state index contributed by atoms with van der Waals surface area (Å²) in [6, 6.07) is 15.4. The zero-order chi connectivity index (χ0) is 20.8. The number of halogens is 1. The van der Waals surface area contributed by atoms with Gasteiger partial charge in [-0.15, -0.1) is 5.10 Å². The normalized spacial score (nSPS) is 11.6. The molecule has 0 amide bonds. The molecule has 7 nitrogen and oxygen atoms in total. The number of aromatic nitrogens is 2. The van der Waals surface area contributed by atoms with Gasteiger partial charge in [-0.1, -0.05) is 66.6 Å². The van der Waals surface area contributed by atoms with Crippen LogP contribution in [0.4, 0.5) is 0 Å². The number of aliphatic hydroxyl groups excluding tert-OH is 1. The van der Waals surface area contributed by atoms with E-state index in [1.807, 2.05) is 53.1 Å². The van der Waals surface area contributed by atoms with Gasteiger partial charge in [-0.2, -0.15) is 5.53 Å². The van der Waals surface area contributed by atoms with Crippen LogP contribution in [0.3, 0.4) is 0 Å². The fourth-order valence-electron chi connectivity index (χ4n) is 3.28. The summed E-state index contributed by atoms with van der Waals surface area (Å²) in [7, 11) is 0. The van der Waals surface area contributed by atoms with Crippen LogP contribution in [0.5, 0.6) is 0 Å². The van der Waals surface area contributed by atoms with E-state index in [1.54, 1.807) is 0 Å². The largest absolute Gasteiger partial charge is 0.390 e. The molecule has 0 fully saturated rings. The number of benzene rings is 2. The van der Waals surface area contributed by atoms with Crippen molar-refractivity contribution in [3.63, 3.8) is 0 Å². The smallest absolute Gasteiger partial charge is 0.155 e. The first-order valence-corrected chi connectivity index (χ1v) is 9.75. The molecule has 29 heavy (non-hydrogen) atoms. The van der Waals surface area contributed by atoms with Crippen LogP contribution >= 0.6 is 11.6 Å². The molecule has 3 rings (SSSR count). The van der Waals surface area contributed by atoms with Gasteiger partial charge in [-0.3, -0.25) is 4.57 Å². The molecule has 0 aliphatic heterocycles. The summed E-state index contributed by atoms with van der Waals surface area (Å²) in [5.41, 5.74) is 16.9. The second-order valence-corrected chi connectivity index (χ2v) is 6.90. The van der Waals surface area contributed by atoms with Gasteiger partial charge in [0.1, 0.15) is 5.82 Å². The van der Waals surface area contributed by atoms with Gasteiger partial charge in [0.2, 0.25) is 0 Å². The molecule has 8 heteroatoms. The molecule has 150 valence electrons. The molecule has 0 saturated carbocycles. The van der Waals surface area contributed by atoms with Crippen molar-refractivity contribution in [2.75, 3.05) is 0 Å². The van der Waals surface area contributed by atoms with Crippen LogP contribution in [-0.2, 0) is 13.0 Å². The molecule has 3 aromatic rings. The number of hydrogen-bond donors (Lipinski definition) is 3. The lowest BCUT2D eigenvalue weighted by Crippen LogP contribution is -2.13. The number of hydrogen-bond acceptors (Lipinski definition) is 4. The third-order valence-corrected chi connectivity index (χ3v) is 5.00. The highest BCUT2D eigenvalue weighted by Gasteiger charge is 2.17. The quantitative estimate of drug-likeness (QED) is 0.217. The summed E-state index contributed by atoms with van der Waals surface area (Å²) in [5.74, 6) is 1.02. The predicted octanol–water partition coefficient (Wildman–Crippen LogP) is 4.68. The second kappa shape index (κ2) is 9.45. The summed E-state index contributed by atoms with van der Waals surface area (Å²) in [4.78, 5) is 4.44. The Morgan fingerprint density at radius 3 is 2.59 bits per heavy atom. The number of nitrogens with two attached hydrogens (primary N) is 1. The van der Waals surface area contributed by atoms with E-state index in [1.165, 1.54) is 0 Å². The fourth-order valence-corrected chi connectivity index (χ4v) is 3.52. The molecule has 0 aliphatic carbocycles. The van der Waals surface area contributed by atoms with Crippen molar-refractivity contribution in [3.05, 3.63) is 70.8 Å². The zero-order valence-corrected chi connectivity index (χ0v) is 16.9. The minimum absolute atomic E-state index is 0.186.